The molecule has 2 heterocycles. The van der Waals surface area contributed by atoms with E-state index >= 15 is 0 Å². The zero-order valence-electron chi connectivity index (χ0n) is 16.5. The Kier molecular flexibility index (Phi) is 4.99. The van der Waals surface area contributed by atoms with E-state index in [1.54, 1.807) is 30.3 Å². The molecule has 3 aromatic rings. The molecule has 0 saturated heterocycles. The minimum atomic E-state index is -0.992. The van der Waals surface area contributed by atoms with Gasteiger partial charge in [-0.2, -0.15) is 4.68 Å². The summed E-state index contributed by atoms with van der Waals surface area (Å²) in [6.07, 6.45) is 0. The number of tetrazole rings is 1. The monoisotopic (exact) mass is 420 g/mol. The quantitative estimate of drug-likeness (QED) is 0.284. The summed E-state index contributed by atoms with van der Waals surface area (Å²) in [5, 5.41) is 25.5. The predicted octanol–water partition coefficient (Wildman–Crippen LogP) is 2.21. The third kappa shape index (κ3) is 3.52. The Morgan fingerprint density at radius 3 is 2.61 bits per heavy atom. The SMILES string of the molecule is COC(=O)C1=C(C(=O)c2ccc(C)cc2)C(c2cccc([N+](=O)[O-])c2)n2nnnc2N1. The topological polar surface area (TPSA) is 142 Å². The highest BCUT2D eigenvalue weighted by Gasteiger charge is 2.39. The number of non-ortho nitro benzene ring substituents is 1. The summed E-state index contributed by atoms with van der Waals surface area (Å²) in [5.74, 6) is -1.16. The second-order valence-corrected chi connectivity index (χ2v) is 6.80. The van der Waals surface area contributed by atoms with Gasteiger partial charge in [0.1, 0.15) is 11.7 Å². The highest BCUT2D eigenvalue weighted by molar-refractivity contribution is 6.14. The molecule has 1 atom stereocenters. The molecule has 31 heavy (non-hydrogen) atoms. The lowest BCUT2D eigenvalue weighted by molar-refractivity contribution is -0.384. The van der Waals surface area contributed by atoms with Crippen molar-refractivity contribution in [2.75, 3.05) is 12.4 Å². The highest BCUT2D eigenvalue weighted by Crippen LogP contribution is 2.37. The van der Waals surface area contributed by atoms with Crippen LogP contribution >= 0.6 is 0 Å². The number of anilines is 1. The van der Waals surface area contributed by atoms with Crippen molar-refractivity contribution in [3.63, 3.8) is 0 Å². The lowest BCUT2D eigenvalue weighted by Gasteiger charge is -2.28. The number of nitro benzene ring substituents is 1. The fourth-order valence-electron chi connectivity index (χ4n) is 3.37. The predicted molar refractivity (Wildman–Crippen MR) is 107 cm³/mol. The van der Waals surface area contributed by atoms with Crippen LogP contribution in [0.4, 0.5) is 11.6 Å². The Morgan fingerprint density at radius 1 is 1.19 bits per heavy atom. The highest BCUT2D eigenvalue weighted by atomic mass is 16.6. The molecule has 0 aliphatic carbocycles. The normalized spacial score (nSPS) is 15.1. The van der Waals surface area contributed by atoms with Crippen molar-refractivity contribution in [2.45, 2.75) is 13.0 Å². The van der Waals surface area contributed by atoms with Crippen molar-refractivity contribution in [3.8, 4) is 0 Å². The summed E-state index contributed by atoms with van der Waals surface area (Å²) in [4.78, 5) is 36.9. The number of carbonyl (C=O) groups excluding carboxylic acids is 2. The third-order valence-electron chi connectivity index (χ3n) is 4.86. The van der Waals surface area contributed by atoms with E-state index in [0.29, 0.717) is 11.1 Å². The lowest BCUT2D eigenvalue weighted by atomic mass is 9.89. The molecule has 1 aromatic heterocycles. The molecule has 11 nitrogen and oxygen atoms in total. The first kappa shape index (κ1) is 19.9. The average molecular weight is 420 g/mol. The minimum Gasteiger partial charge on any atom is -0.464 e. The van der Waals surface area contributed by atoms with Crippen LogP contribution in [0.3, 0.4) is 0 Å². The number of ketones is 1. The van der Waals surface area contributed by atoms with Crippen LogP contribution in [0, 0.1) is 17.0 Å². The molecular weight excluding hydrogens is 404 g/mol. The molecule has 2 aromatic carbocycles. The van der Waals surface area contributed by atoms with Gasteiger partial charge in [-0.25, -0.2) is 4.79 Å². The maximum Gasteiger partial charge on any atom is 0.355 e. The second-order valence-electron chi connectivity index (χ2n) is 6.80. The van der Waals surface area contributed by atoms with Crippen molar-refractivity contribution in [1.29, 1.82) is 0 Å². The molecule has 0 saturated carbocycles. The molecule has 1 aliphatic heterocycles. The van der Waals surface area contributed by atoms with E-state index < -0.39 is 22.7 Å². The van der Waals surface area contributed by atoms with E-state index in [0.717, 1.165) is 5.56 Å². The number of ether oxygens (including phenoxy) is 1. The number of hydrogen-bond acceptors (Lipinski definition) is 9. The molecule has 4 rings (SSSR count). The summed E-state index contributed by atoms with van der Waals surface area (Å²) < 4.78 is 6.16. The van der Waals surface area contributed by atoms with Gasteiger partial charge in [-0.1, -0.05) is 47.1 Å². The van der Waals surface area contributed by atoms with E-state index in [9.17, 15) is 19.7 Å². The summed E-state index contributed by atoms with van der Waals surface area (Å²) in [7, 11) is 1.19. The van der Waals surface area contributed by atoms with Gasteiger partial charge in [0.15, 0.2) is 5.78 Å². The number of fused-ring (bicyclic) bond motifs is 1. The van der Waals surface area contributed by atoms with Crippen LogP contribution in [0.15, 0.2) is 59.8 Å². The van der Waals surface area contributed by atoms with Crippen molar-refractivity contribution >= 4 is 23.4 Å². The number of benzene rings is 2. The Hall–Kier alpha value is -4.41. The second kappa shape index (κ2) is 7.78. The summed E-state index contributed by atoms with van der Waals surface area (Å²) in [6.45, 7) is 1.88. The lowest BCUT2D eigenvalue weighted by Crippen LogP contribution is -2.33. The molecule has 0 bridgehead atoms. The Balaban J connectivity index is 1.96. The third-order valence-corrected chi connectivity index (χ3v) is 4.86. The number of nitro groups is 1. The van der Waals surface area contributed by atoms with Crippen LogP contribution in [-0.2, 0) is 9.53 Å². The number of methoxy groups -OCH3 is 1. The van der Waals surface area contributed by atoms with Gasteiger partial charge in [0.2, 0.25) is 5.95 Å². The van der Waals surface area contributed by atoms with Crippen molar-refractivity contribution in [2.24, 2.45) is 0 Å². The van der Waals surface area contributed by atoms with Gasteiger partial charge in [0.05, 0.1) is 17.6 Å². The maximum absolute atomic E-state index is 13.6. The minimum absolute atomic E-state index is 0.0102. The number of allylic oxidation sites excluding steroid dienone is 1. The standard InChI is InChI=1S/C20H16N6O5/c1-11-6-8-12(9-7-11)18(27)15-16(19(28)31-2)21-20-22-23-24-25(20)17(15)13-4-3-5-14(10-13)26(29)30/h3-10,17H,1-2H3,(H,21,22,24). The number of hydrogen-bond donors (Lipinski definition) is 1. The van der Waals surface area contributed by atoms with Crippen LogP contribution in [-0.4, -0.2) is 44.0 Å². The number of Topliss-reactive ketones (excluding diaryl/α,β-unsaturated/α-hetero) is 1. The van der Waals surface area contributed by atoms with Crippen molar-refractivity contribution in [1.82, 2.24) is 20.2 Å². The molecule has 11 heteroatoms. The molecule has 156 valence electrons. The van der Waals surface area contributed by atoms with Crippen LogP contribution in [0.25, 0.3) is 0 Å². The number of aryl methyl sites for hydroxylation is 1. The van der Waals surface area contributed by atoms with Gasteiger partial charge >= 0.3 is 5.97 Å². The van der Waals surface area contributed by atoms with Crippen LogP contribution in [0.2, 0.25) is 0 Å². The van der Waals surface area contributed by atoms with Gasteiger partial charge < -0.3 is 10.1 Å². The van der Waals surface area contributed by atoms with E-state index in [-0.39, 0.29) is 22.9 Å². The molecule has 0 amide bonds. The van der Waals surface area contributed by atoms with E-state index in [2.05, 4.69) is 20.8 Å². The molecule has 0 spiro atoms. The van der Waals surface area contributed by atoms with E-state index in [1.165, 1.54) is 30.0 Å². The summed E-state index contributed by atoms with van der Waals surface area (Å²) >= 11 is 0. The Labute approximate surface area is 175 Å². The number of nitrogens with one attached hydrogen (secondary N) is 1. The van der Waals surface area contributed by atoms with E-state index in [4.69, 9.17) is 4.74 Å². The largest absolute Gasteiger partial charge is 0.464 e. The summed E-state index contributed by atoms with van der Waals surface area (Å²) in [5.41, 5.74) is 1.35. The molecule has 1 unspecified atom stereocenters. The first-order valence-electron chi connectivity index (χ1n) is 9.13. The molecule has 0 fully saturated rings. The zero-order valence-corrected chi connectivity index (χ0v) is 16.5. The van der Waals surface area contributed by atoms with Gasteiger partial charge in [0.25, 0.3) is 5.69 Å². The molecule has 1 N–H and O–H groups in total. The van der Waals surface area contributed by atoms with Crippen LogP contribution in [0.5, 0.6) is 0 Å². The number of esters is 1. The van der Waals surface area contributed by atoms with E-state index in [1.807, 2.05) is 6.92 Å². The number of rotatable bonds is 5. The smallest absolute Gasteiger partial charge is 0.355 e. The van der Waals surface area contributed by atoms with Crippen LogP contribution < -0.4 is 5.32 Å². The average Bonchev–Trinajstić information content (AvgIpc) is 3.25. The number of aromatic nitrogens is 4. The Morgan fingerprint density at radius 2 is 1.94 bits per heavy atom. The number of nitrogens with zero attached hydrogens (tertiary/aromatic N) is 5. The van der Waals surface area contributed by atoms with Gasteiger partial charge in [-0.3, -0.25) is 14.9 Å². The van der Waals surface area contributed by atoms with Gasteiger partial charge in [0, 0.05) is 17.7 Å². The molecule has 0 radical (unpaired) electrons. The fourth-order valence-corrected chi connectivity index (χ4v) is 3.37. The maximum atomic E-state index is 13.6. The zero-order chi connectivity index (χ0) is 22.1. The first-order chi connectivity index (χ1) is 14.9. The van der Waals surface area contributed by atoms with Crippen LogP contribution in [0.1, 0.15) is 27.5 Å². The fraction of sp³-hybridized carbons (Fsp3) is 0.150. The Bertz CT molecular complexity index is 1230. The van der Waals surface area contributed by atoms with Gasteiger partial charge in [-0.15, -0.1) is 0 Å². The molecular formula is C20H16N6O5. The van der Waals surface area contributed by atoms with Crippen molar-refractivity contribution < 1.29 is 19.2 Å². The first-order valence-corrected chi connectivity index (χ1v) is 9.13. The summed E-state index contributed by atoms with van der Waals surface area (Å²) in [6, 6.07) is 11.6. The number of carbonyl (C=O) groups is 2. The van der Waals surface area contributed by atoms with Crippen molar-refractivity contribution in [3.05, 3.63) is 86.6 Å². The van der Waals surface area contributed by atoms with Gasteiger partial charge in [-0.05, 0) is 22.9 Å². The molecule has 1 aliphatic rings.